The molecule has 1 aliphatic rings. The second kappa shape index (κ2) is 7.93. The van der Waals surface area contributed by atoms with Crippen LogP contribution in [0.25, 0.3) is 22.0 Å². The molecule has 1 aromatic heterocycles. The highest BCUT2D eigenvalue weighted by atomic mass is 32.2. The zero-order chi connectivity index (χ0) is 22.3. The number of amides is 1. The van der Waals surface area contributed by atoms with Crippen LogP contribution in [0.1, 0.15) is 16.8 Å². The summed E-state index contributed by atoms with van der Waals surface area (Å²) in [7, 11) is -3.85. The monoisotopic (exact) mass is 445 g/mol. The third kappa shape index (κ3) is 3.49. The van der Waals surface area contributed by atoms with E-state index in [-0.39, 0.29) is 16.8 Å². The topological polar surface area (TPSA) is 85.4 Å². The summed E-state index contributed by atoms with van der Waals surface area (Å²) in [4.78, 5) is 14.5. The molecule has 1 aliphatic heterocycles. The summed E-state index contributed by atoms with van der Waals surface area (Å²) >= 11 is 0. The summed E-state index contributed by atoms with van der Waals surface area (Å²) in [6.07, 6.45) is 2.45. The van der Waals surface area contributed by atoms with Crippen LogP contribution in [0, 0.1) is 0 Å². The molecule has 0 bridgehead atoms. The lowest BCUT2D eigenvalue weighted by Gasteiger charge is -2.16. The Hall–Kier alpha value is -3.42. The average molecular weight is 446 g/mol. The molecule has 1 saturated heterocycles. The van der Waals surface area contributed by atoms with E-state index in [1.54, 1.807) is 29.3 Å². The molecular formula is C25H23N3O3S. The summed E-state index contributed by atoms with van der Waals surface area (Å²) in [5, 5.41) is 0.861. The van der Waals surface area contributed by atoms with E-state index in [0.29, 0.717) is 24.2 Å². The number of para-hydroxylation sites is 1. The van der Waals surface area contributed by atoms with E-state index < -0.39 is 10.0 Å². The van der Waals surface area contributed by atoms with Crippen molar-refractivity contribution in [2.24, 2.45) is 5.73 Å². The predicted molar refractivity (Wildman–Crippen MR) is 125 cm³/mol. The molecule has 32 heavy (non-hydrogen) atoms. The van der Waals surface area contributed by atoms with Crippen LogP contribution in [0.5, 0.6) is 0 Å². The first-order valence-electron chi connectivity index (χ1n) is 10.5. The first-order valence-corrected chi connectivity index (χ1v) is 11.9. The quantitative estimate of drug-likeness (QED) is 0.519. The van der Waals surface area contributed by atoms with Gasteiger partial charge < -0.3 is 10.6 Å². The number of fused-ring (bicyclic) bond motifs is 1. The lowest BCUT2D eigenvalue weighted by Crippen LogP contribution is -2.31. The van der Waals surface area contributed by atoms with E-state index in [0.717, 1.165) is 22.9 Å². The first kappa shape index (κ1) is 20.5. The number of nitrogens with zero attached hydrogens (tertiary/aromatic N) is 2. The maximum Gasteiger partial charge on any atom is 0.268 e. The molecule has 162 valence electrons. The van der Waals surface area contributed by atoms with Crippen LogP contribution < -0.4 is 5.73 Å². The van der Waals surface area contributed by atoms with Crippen LogP contribution in [0.2, 0.25) is 0 Å². The average Bonchev–Trinajstić information content (AvgIpc) is 3.43. The van der Waals surface area contributed by atoms with Gasteiger partial charge in [-0.3, -0.25) is 4.79 Å². The lowest BCUT2D eigenvalue weighted by molar-refractivity contribution is 0.0791. The normalized spacial score (nSPS) is 16.5. The SMILES string of the molecule is NC1CCN(C(=O)c2ccc(S(=O)(=O)n3cc(-c4ccccc4)c4ccccc43)cc2)C1. The summed E-state index contributed by atoms with van der Waals surface area (Å²) in [5.74, 6) is -0.125. The minimum Gasteiger partial charge on any atom is -0.337 e. The first-order chi connectivity index (χ1) is 15.4. The highest BCUT2D eigenvalue weighted by Crippen LogP contribution is 2.33. The number of benzene rings is 3. The van der Waals surface area contributed by atoms with Crippen LogP contribution in [0.15, 0.2) is 90.0 Å². The molecule has 1 unspecified atom stereocenters. The summed E-state index contributed by atoms with van der Waals surface area (Å²) < 4.78 is 28.4. The maximum atomic E-state index is 13.5. The highest BCUT2D eigenvalue weighted by molar-refractivity contribution is 7.90. The van der Waals surface area contributed by atoms with Gasteiger partial charge in [-0.1, -0.05) is 48.5 Å². The second-order valence-electron chi connectivity index (χ2n) is 8.05. The number of hydrogen-bond donors (Lipinski definition) is 1. The van der Waals surface area contributed by atoms with Crippen molar-refractivity contribution in [1.29, 1.82) is 0 Å². The van der Waals surface area contributed by atoms with E-state index in [4.69, 9.17) is 5.73 Å². The lowest BCUT2D eigenvalue weighted by atomic mass is 10.1. The minimum atomic E-state index is -3.85. The van der Waals surface area contributed by atoms with Crippen molar-refractivity contribution in [2.45, 2.75) is 17.4 Å². The van der Waals surface area contributed by atoms with Gasteiger partial charge in [-0.05, 0) is 42.3 Å². The number of likely N-dealkylation sites (tertiary alicyclic amines) is 1. The molecule has 4 aromatic rings. The molecule has 1 atom stereocenters. The zero-order valence-electron chi connectivity index (χ0n) is 17.4. The Kier molecular flexibility index (Phi) is 5.07. The number of hydrogen-bond acceptors (Lipinski definition) is 4. The second-order valence-corrected chi connectivity index (χ2v) is 9.87. The molecule has 5 rings (SSSR count). The van der Waals surface area contributed by atoms with Crippen molar-refractivity contribution in [1.82, 2.24) is 8.87 Å². The largest absolute Gasteiger partial charge is 0.337 e. The zero-order valence-corrected chi connectivity index (χ0v) is 18.2. The Labute approximate surface area is 186 Å². The fourth-order valence-electron chi connectivity index (χ4n) is 4.23. The van der Waals surface area contributed by atoms with Crippen LogP contribution in [-0.4, -0.2) is 42.3 Å². The summed E-state index contributed by atoms with van der Waals surface area (Å²) in [6.45, 7) is 1.15. The van der Waals surface area contributed by atoms with Gasteiger partial charge in [-0.25, -0.2) is 12.4 Å². The fourth-order valence-corrected chi connectivity index (χ4v) is 5.60. The third-order valence-corrected chi connectivity index (χ3v) is 7.62. The summed E-state index contributed by atoms with van der Waals surface area (Å²) in [5.41, 5.74) is 8.76. The number of carbonyl (C=O) groups is 1. The molecule has 2 heterocycles. The van der Waals surface area contributed by atoms with Crippen molar-refractivity contribution in [3.63, 3.8) is 0 Å². The Morgan fingerprint density at radius 1 is 0.906 bits per heavy atom. The smallest absolute Gasteiger partial charge is 0.268 e. The molecule has 6 nitrogen and oxygen atoms in total. The maximum absolute atomic E-state index is 13.5. The van der Waals surface area contributed by atoms with E-state index in [2.05, 4.69) is 0 Å². The van der Waals surface area contributed by atoms with E-state index in [1.165, 1.54) is 16.1 Å². The van der Waals surface area contributed by atoms with E-state index in [9.17, 15) is 13.2 Å². The van der Waals surface area contributed by atoms with Gasteiger partial charge in [0.15, 0.2) is 0 Å². The Bertz CT molecular complexity index is 1390. The third-order valence-electron chi connectivity index (χ3n) is 5.93. The predicted octanol–water partition coefficient (Wildman–Crippen LogP) is 3.72. The minimum absolute atomic E-state index is 0.000525. The number of nitrogens with two attached hydrogens (primary N) is 1. The molecular weight excluding hydrogens is 422 g/mol. The van der Waals surface area contributed by atoms with Gasteiger partial charge in [0.25, 0.3) is 15.9 Å². The molecule has 0 aliphatic carbocycles. The van der Waals surface area contributed by atoms with Crippen molar-refractivity contribution in [3.8, 4) is 11.1 Å². The molecule has 7 heteroatoms. The fraction of sp³-hybridized carbons (Fsp3) is 0.160. The van der Waals surface area contributed by atoms with Crippen LogP contribution in [0.3, 0.4) is 0 Å². The molecule has 2 N–H and O–H groups in total. The van der Waals surface area contributed by atoms with Gasteiger partial charge in [0.05, 0.1) is 10.4 Å². The van der Waals surface area contributed by atoms with Gasteiger partial charge in [0.2, 0.25) is 0 Å². The molecule has 0 saturated carbocycles. The van der Waals surface area contributed by atoms with Gasteiger partial charge in [-0.2, -0.15) is 0 Å². The van der Waals surface area contributed by atoms with Crippen molar-refractivity contribution < 1.29 is 13.2 Å². The standard InChI is InChI=1S/C25H23N3O3S/c26-20-14-15-27(16-20)25(29)19-10-12-21(13-11-19)32(30,31)28-17-23(18-6-2-1-3-7-18)22-8-4-5-9-24(22)28/h1-13,17,20H,14-16,26H2. The van der Waals surface area contributed by atoms with Crippen molar-refractivity contribution in [2.75, 3.05) is 13.1 Å². The van der Waals surface area contributed by atoms with Gasteiger partial charge in [0.1, 0.15) is 0 Å². The van der Waals surface area contributed by atoms with E-state index >= 15 is 0 Å². The van der Waals surface area contributed by atoms with Gasteiger partial charge in [0, 0.05) is 41.8 Å². The number of carbonyl (C=O) groups excluding carboxylic acids is 1. The molecule has 3 aromatic carbocycles. The molecule has 0 spiro atoms. The Morgan fingerprint density at radius 2 is 1.59 bits per heavy atom. The highest BCUT2D eigenvalue weighted by Gasteiger charge is 2.26. The van der Waals surface area contributed by atoms with Gasteiger partial charge >= 0.3 is 0 Å². The summed E-state index contributed by atoms with van der Waals surface area (Å²) in [6, 6.07) is 23.3. The van der Waals surface area contributed by atoms with Crippen molar-refractivity contribution >= 4 is 26.8 Å². The van der Waals surface area contributed by atoms with Gasteiger partial charge in [-0.15, -0.1) is 0 Å². The van der Waals surface area contributed by atoms with E-state index in [1.807, 2.05) is 48.5 Å². The number of aromatic nitrogens is 1. The van der Waals surface area contributed by atoms with Crippen LogP contribution in [0.4, 0.5) is 0 Å². The molecule has 1 fully saturated rings. The Balaban J connectivity index is 1.53. The molecule has 0 radical (unpaired) electrons. The van der Waals surface area contributed by atoms with Crippen LogP contribution in [-0.2, 0) is 10.0 Å². The Morgan fingerprint density at radius 3 is 2.28 bits per heavy atom. The van der Waals surface area contributed by atoms with Crippen molar-refractivity contribution in [3.05, 3.63) is 90.6 Å². The van der Waals surface area contributed by atoms with Crippen LogP contribution >= 0.6 is 0 Å². The molecule has 1 amide bonds. The number of rotatable bonds is 4.